The van der Waals surface area contributed by atoms with Crippen molar-refractivity contribution in [2.45, 2.75) is 33.2 Å². The number of aryl methyl sites for hydroxylation is 2. The molecule has 0 aliphatic rings. The number of allylic oxidation sites excluding steroid dienone is 1. The van der Waals surface area contributed by atoms with Crippen LogP contribution in [-0.4, -0.2) is 15.6 Å². The highest BCUT2D eigenvalue weighted by atomic mass is 16.4. The van der Waals surface area contributed by atoms with Crippen LogP contribution in [0.4, 0.5) is 0 Å². The van der Waals surface area contributed by atoms with Gasteiger partial charge in [-0.1, -0.05) is 71.3 Å². The van der Waals surface area contributed by atoms with Gasteiger partial charge in [0.15, 0.2) is 0 Å². The minimum Gasteiger partial charge on any atom is -0.478 e. The average Bonchev–Trinajstić information content (AvgIpc) is 3.13. The first kappa shape index (κ1) is 20.7. The Labute approximate surface area is 183 Å². The Bertz CT molecular complexity index is 1200. The van der Waals surface area contributed by atoms with Crippen LogP contribution in [0, 0.1) is 13.8 Å². The van der Waals surface area contributed by atoms with E-state index >= 15 is 0 Å². The first-order valence-corrected chi connectivity index (χ1v) is 10.5. The molecule has 1 heterocycles. The van der Waals surface area contributed by atoms with Crippen molar-refractivity contribution in [1.82, 2.24) is 4.57 Å². The predicted molar refractivity (Wildman–Crippen MR) is 127 cm³/mol. The van der Waals surface area contributed by atoms with Gasteiger partial charge in [0.1, 0.15) is 0 Å². The van der Waals surface area contributed by atoms with Crippen LogP contribution >= 0.6 is 0 Å². The van der Waals surface area contributed by atoms with Crippen LogP contribution in [0.25, 0.3) is 10.9 Å². The number of carboxylic acids is 1. The molecule has 1 aromatic heterocycles. The van der Waals surface area contributed by atoms with Crippen LogP contribution in [0.1, 0.15) is 40.8 Å². The van der Waals surface area contributed by atoms with Crippen LogP contribution in [0.3, 0.4) is 0 Å². The average molecular weight is 410 g/mol. The van der Waals surface area contributed by atoms with Gasteiger partial charge in [-0.05, 0) is 67.5 Å². The molecular weight excluding hydrogens is 382 g/mol. The Kier molecular flexibility index (Phi) is 5.77. The van der Waals surface area contributed by atoms with Gasteiger partial charge in [0, 0.05) is 17.8 Å². The Hall–Kier alpha value is -3.59. The van der Waals surface area contributed by atoms with E-state index in [4.69, 9.17) is 5.11 Å². The fraction of sp³-hybridized carbons (Fsp3) is 0.179. The molecule has 0 bridgehead atoms. The molecule has 3 heteroatoms. The van der Waals surface area contributed by atoms with E-state index < -0.39 is 5.97 Å². The maximum atomic E-state index is 10.9. The van der Waals surface area contributed by atoms with Gasteiger partial charge in [-0.15, -0.1) is 0 Å². The van der Waals surface area contributed by atoms with Crippen molar-refractivity contribution in [1.29, 1.82) is 0 Å². The number of aliphatic carboxylic acids is 1. The molecule has 4 aromatic rings. The van der Waals surface area contributed by atoms with Gasteiger partial charge in [0.05, 0.1) is 6.04 Å². The number of nitrogens with zero attached hydrogens (tertiary/aromatic N) is 1. The lowest BCUT2D eigenvalue weighted by molar-refractivity contribution is -0.131. The molecule has 3 aromatic carbocycles. The second-order valence-corrected chi connectivity index (χ2v) is 8.35. The van der Waals surface area contributed by atoms with Gasteiger partial charge >= 0.3 is 5.97 Å². The van der Waals surface area contributed by atoms with E-state index in [-0.39, 0.29) is 6.04 Å². The summed E-state index contributed by atoms with van der Waals surface area (Å²) in [5, 5.41) is 10.1. The van der Waals surface area contributed by atoms with Crippen LogP contribution < -0.4 is 0 Å². The van der Waals surface area contributed by atoms with Gasteiger partial charge in [0.25, 0.3) is 0 Å². The normalized spacial score (nSPS) is 11.9. The molecule has 1 N–H and O–H groups in total. The second kappa shape index (κ2) is 8.65. The smallest absolute Gasteiger partial charge is 0.328 e. The Balaban J connectivity index is 1.78. The van der Waals surface area contributed by atoms with E-state index in [1.54, 1.807) is 0 Å². The number of hydrogen-bond acceptors (Lipinski definition) is 1. The van der Waals surface area contributed by atoms with Crippen LogP contribution in [0.5, 0.6) is 0 Å². The third-order valence-electron chi connectivity index (χ3n) is 5.70. The zero-order valence-corrected chi connectivity index (χ0v) is 18.2. The summed E-state index contributed by atoms with van der Waals surface area (Å²) < 4.78 is 2.33. The number of benzene rings is 3. The highest BCUT2D eigenvalue weighted by molar-refractivity contribution is 5.82. The largest absolute Gasteiger partial charge is 0.478 e. The first-order valence-electron chi connectivity index (χ1n) is 10.5. The SMILES string of the molecule is CC(=CC(=O)O)Cc1ccc2c(ccn2C(c2ccc(C)cc2)c2ccc(C)cc2)c1. The summed E-state index contributed by atoms with van der Waals surface area (Å²) in [5.74, 6) is -0.899. The quantitative estimate of drug-likeness (QED) is 0.371. The van der Waals surface area contributed by atoms with Gasteiger partial charge in [-0.3, -0.25) is 0 Å². The number of carbonyl (C=O) groups is 1. The lowest BCUT2D eigenvalue weighted by atomic mass is 9.96. The Morgan fingerprint density at radius 2 is 1.48 bits per heavy atom. The lowest BCUT2D eigenvalue weighted by Gasteiger charge is -2.22. The molecule has 4 rings (SSSR count). The van der Waals surface area contributed by atoms with Gasteiger partial charge in [0.2, 0.25) is 0 Å². The predicted octanol–water partition coefficient (Wildman–Crippen LogP) is 6.47. The number of rotatable bonds is 6. The number of fused-ring (bicyclic) bond motifs is 1. The zero-order chi connectivity index (χ0) is 22.0. The molecule has 0 aliphatic carbocycles. The molecule has 0 aliphatic heterocycles. The summed E-state index contributed by atoms with van der Waals surface area (Å²) in [5.41, 5.74) is 8.10. The molecule has 156 valence electrons. The molecule has 0 unspecified atom stereocenters. The standard InChI is InChI=1S/C28H27NO2/c1-19-4-9-23(10-5-19)28(24-11-6-20(2)7-12-24)29-15-14-25-18-22(8-13-26(25)29)16-21(3)17-27(30)31/h4-15,17-18,28H,16H2,1-3H3,(H,30,31). The Morgan fingerprint density at radius 3 is 2.03 bits per heavy atom. The monoisotopic (exact) mass is 409 g/mol. The molecule has 0 spiro atoms. The van der Waals surface area contributed by atoms with Crippen molar-refractivity contribution in [3.8, 4) is 0 Å². The molecule has 0 amide bonds. The summed E-state index contributed by atoms with van der Waals surface area (Å²) in [6.45, 7) is 6.07. The van der Waals surface area contributed by atoms with Crippen molar-refractivity contribution in [3.63, 3.8) is 0 Å². The summed E-state index contributed by atoms with van der Waals surface area (Å²) in [7, 11) is 0. The molecule has 3 nitrogen and oxygen atoms in total. The summed E-state index contributed by atoms with van der Waals surface area (Å²) in [6.07, 6.45) is 4.06. The van der Waals surface area contributed by atoms with Crippen LogP contribution in [0.15, 0.2) is 90.6 Å². The molecular formula is C28H27NO2. The molecule has 0 atom stereocenters. The minimum absolute atomic E-state index is 0.0817. The summed E-state index contributed by atoms with van der Waals surface area (Å²) >= 11 is 0. The second-order valence-electron chi connectivity index (χ2n) is 8.35. The van der Waals surface area contributed by atoms with Gasteiger partial charge in [-0.25, -0.2) is 4.79 Å². The third kappa shape index (κ3) is 4.61. The zero-order valence-electron chi connectivity index (χ0n) is 18.2. The molecule has 31 heavy (non-hydrogen) atoms. The van der Waals surface area contributed by atoms with Crippen molar-refractivity contribution < 1.29 is 9.90 Å². The van der Waals surface area contributed by atoms with Gasteiger partial charge in [-0.2, -0.15) is 0 Å². The van der Waals surface area contributed by atoms with E-state index in [2.05, 4.69) is 97.4 Å². The lowest BCUT2D eigenvalue weighted by Crippen LogP contribution is -2.11. The van der Waals surface area contributed by atoms with Crippen LogP contribution in [-0.2, 0) is 11.2 Å². The number of carboxylic acid groups (broad SMARTS) is 1. The van der Waals surface area contributed by atoms with E-state index in [9.17, 15) is 4.79 Å². The number of aromatic nitrogens is 1. The fourth-order valence-corrected chi connectivity index (χ4v) is 4.14. The summed E-state index contributed by atoms with van der Waals surface area (Å²) in [6, 6.07) is 26.1. The first-order chi connectivity index (χ1) is 14.9. The molecule has 0 saturated heterocycles. The van der Waals surface area contributed by atoms with Crippen molar-refractivity contribution in [3.05, 3.63) is 118 Å². The minimum atomic E-state index is -0.899. The summed E-state index contributed by atoms with van der Waals surface area (Å²) in [4.78, 5) is 10.9. The third-order valence-corrected chi connectivity index (χ3v) is 5.70. The number of hydrogen-bond donors (Lipinski definition) is 1. The van der Waals surface area contributed by atoms with Crippen molar-refractivity contribution in [2.75, 3.05) is 0 Å². The van der Waals surface area contributed by atoms with Crippen molar-refractivity contribution in [2.24, 2.45) is 0 Å². The van der Waals surface area contributed by atoms with Crippen LogP contribution in [0.2, 0.25) is 0 Å². The van der Waals surface area contributed by atoms with Gasteiger partial charge < -0.3 is 9.67 Å². The molecule has 0 radical (unpaired) electrons. The Morgan fingerprint density at radius 1 is 0.903 bits per heavy atom. The highest BCUT2D eigenvalue weighted by Crippen LogP contribution is 2.32. The van der Waals surface area contributed by atoms with E-state index in [0.717, 1.165) is 22.0 Å². The highest BCUT2D eigenvalue weighted by Gasteiger charge is 2.18. The van der Waals surface area contributed by atoms with E-state index in [1.165, 1.54) is 28.3 Å². The van der Waals surface area contributed by atoms with Crippen molar-refractivity contribution >= 4 is 16.9 Å². The molecule has 0 fully saturated rings. The maximum absolute atomic E-state index is 10.9. The maximum Gasteiger partial charge on any atom is 0.328 e. The van der Waals surface area contributed by atoms with E-state index in [1.807, 2.05) is 6.92 Å². The topological polar surface area (TPSA) is 42.2 Å². The fourth-order valence-electron chi connectivity index (χ4n) is 4.14. The molecule has 0 saturated carbocycles. The van der Waals surface area contributed by atoms with E-state index in [0.29, 0.717) is 6.42 Å².